The summed E-state index contributed by atoms with van der Waals surface area (Å²) in [7, 11) is 1.64. The van der Waals surface area contributed by atoms with E-state index in [0.717, 1.165) is 30.9 Å². The zero-order valence-corrected chi connectivity index (χ0v) is 17.3. The molecule has 0 radical (unpaired) electrons. The Kier molecular flexibility index (Phi) is 8.57. The van der Waals surface area contributed by atoms with E-state index >= 15 is 0 Å². The first-order valence-electron chi connectivity index (χ1n) is 9.85. The molecule has 1 aromatic rings. The second-order valence-corrected chi connectivity index (χ2v) is 7.37. The van der Waals surface area contributed by atoms with Gasteiger partial charge in [-0.2, -0.15) is 0 Å². The van der Waals surface area contributed by atoms with Crippen LogP contribution in [-0.4, -0.2) is 69.4 Å². The topological polar surface area (TPSA) is 68.3 Å². The maximum absolute atomic E-state index is 12.3. The molecule has 7 heteroatoms. The lowest BCUT2D eigenvalue weighted by molar-refractivity contribution is -0.161. The molecule has 1 aliphatic rings. The van der Waals surface area contributed by atoms with E-state index in [9.17, 15) is 9.59 Å². The molecule has 0 saturated carbocycles. The summed E-state index contributed by atoms with van der Waals surface area (Å²) in [4.78, 5) is 28.2. The molecule has 1 unspecified atom stereocenters. The Hall–Kier alpha value is -2.28. The molecule has 0 N–H and O–H groups in total. The maximum Gasteiger partial charge on any atom is 0.335 e. The highest BCUT2D eigenvalue weighted by molar-refractivity contribution is 5.82. The standard InChI is InChI=1S/C21H32N2O5/c1-16(2)9-14-27-17(3)21(25)28-15-20(24)23-12-10-22(11-13-23)18-5-7-19(26-4)8-6-18/h5-8,16-17H,9-15H2,1-4H3. The van der Waals surface area contributed by atoms with Gasteiger partial charge in [0.15, 0.2) is 12.7 Å². The minimum absolute atomic E-state index is 0.169. The Morgan fingerprint density at radius 3 is 2.25 bits per heavy atom. The number of rotatable bonds is 9. The van der Waals surface area contributed by atoms with Gasteiger partial charge in [0.25, 0.3) is 5.91 Å². The summed E-state index contributed by atoms with van der Waals surface area (Å²) in [6, 6.07) is 7.88. The highest BCUT2D eigenvalue weighted by atomic mass is 16.6. The minimum Gasteiger partial charge on any atom is -0.497 e. The lowest BCUT2D eigenvalue weighted by Gasteiger charge is -2.36. The van der Waals surface area contributed by atoms with Crippen molar-refractivity contribution >= 4 is 17.6 Å². The molecule has 1 atom stereocenters. The van der Waals surface area contributed by atoms with Gasteiger partial charge in [-0.05, 0) is 43.5 Å². The van der Waals surface area contributed by atoms with E-state index in [1.165, 1.54) is 0 Å². The number of piperazine rings is 1. The summed E-state index contributed by atoms with van der Waals surface area (Å²) in [5, 5.41) is 0. The second kappa shape index (κ2) is 10.9. The van der Waals surface area contributed by atoms with E-state index in [1.54, 1.807) is 18.9 Å². The summed E-state index contributed by atoms with van der Waals surface area (Å²) in [6.07, 6.45) is 0.230. The average Bonchev–Trinajstić information content (AvgIpc) is 2.71. The summed E-state index contributed by atoms with van der Waals surface area (Å²) < 4.78 is 15.8. The van der Waals surface area contributed by atoms with Crippen LogP contribution in [0.3, 0.4) is 0 Å². The van der Waals surface area contributed by atoms with Crippen molar-refractivity contribution in [2.75, 3.05) is 51.4 Å². The number of hydrogen-bond donors (Lipinski definition) is 0. The van der Waals surface area contributed by atoms with E-state index < -0.39 is 12.1 Å². The number of esters is 1. The number of anilines is 1. The van der Waals surface area contributed by atoms with Crippen molar-refractivity contribution in [3.63, 3.8) is 0 Å². The molecule has 2 rings (SSSR count). The summed E-state index contributed by atoms with van der Waals surface area (Å²) in [5.41, 5.74) is 1.10. The van der Waals surface area contributed by atoms with Crippen LogP contribution < -0.4 is 9.64 Å². The van der Waals surface area contributed by atoms with Gasteiger partial charge in [0.2, 0.25) is 0 Å². The molecule has 1 aromatic carbocycles. The fourth-order valence-electron chi connectivity index (χ4n) is 2.90. The molecule has 28 heavy (non-hydrogen) atoms. The van der Waals surface area contributed by atoms with Crippen LogP contribution in [0.1, 0.15) is 27.2 Å². The van der Waals surface area contributed by atoms with Crippen LogP contribution in [0.5, 0.6) is 5.75 Å². The van der Waals surface area contributed by atoms with Crippen molar-refractivity contribution in [1.82, 2.24) is 4.90 Å². The number of benzene rings is 1. The third kappa shape index (κ3) is 6.71. The minimum atomic E-state index is -0.654. The molecular weight excluding hydrogens is 360 g/mol. The fraction of sp³-hybridized carbons (Fsp3) is 0.619. The van der Waals surface area contributed by atoms with E-state index in [1.807, 2.05) is 24.3 Å². The van der Waals surface area contributed by atoms with Crippen LogP contribution in [0.2, 0.25) is 0 Å². The summed E-state index contributed by atoms with van der Waals surface area (Å²) in [5.74, 6) is 0.675. The van der Waals surface area contributed by atoms with E-state index in [-0.39, 0.29) is 12.5 Å². The third-order valence-electron chi connectivity index (χ3n) is 4.80. The molecule has 0 aliphatic carbocycles. The highest BCUT2D eigenvalue weighted by Crippen LogP contribution is 2.20. The Morgan fingerprint density at radius 2 is 1.68 bits per heavy atom. The number of methoxy groups -OCH3 is 1. The first kappa shape index (κ1) is 22.0. The van der Waals surface area contributed by atoms with Gasteiger partial charge < -0.3 is 24.0 Å². The molecule has 7 nitrogen and oxygen atoms in total. The number of ether oxygens (including phenoxy) is 3. The summed E-state index contributed by atoms with van der Waals surface area (Å²) in [6.45, 7) is 8.79. The van der Waals surface area contributed by atoms with Crippen LogP contribution in [0, 0.1) is 5.92 Å². The third-order valence-corrected chi connectivity index (χ3v) is 4.80. The second-order valence-electron chi connectivity index (χ2n) is 7.37. The molecule has 0 bridgehead atoms. The van der Waals surface area contributed by atoms with Crippen molar-refractivity contribution in [3.8, 4) is 5.75 Å². The van der Waals surface area contributed by atoms with Crippen LogP contribution in [0.4, 0.5) is 5.69 Å². The van der Waals surface area contributed by atoms with Gasteiger partial charge in [0.05, 0.1) is 7.11 Å². The fourth-order valence-corrected chi connectivity index (χ4v) is 2.90. The van der Waals surface area contributed by atoms with Crippen molar-refractivity contribution in [1.29, 1.82) is 0 Å². The zero-order valence-electron chi connectivity index (χ0n) is 17.3. The monoisotopic (exact) mass is 392 g/mol. The van der Waals surface area contributed by atoms with E-state index in [0.29, 0.717) is 25.6 Å². The summed E-state index contributed by atoms with van der Waals surface area (Å²) >= 11 is 0. The van der Waals surface area contributed by atoms with Crippen molar-refractivity contribution in [3.05, 3.63) is 24.3 Å². The first-order chi connectivity index (χ1) is 13.4. The normalized spacial score (nSPS) is 15.5. The van der Waals surface area contributed by atoms with Crippen LogP contribution in [0.25, 0.3) is 0 Å². The Morgan fingerprint density at radius 1 is 1.04 bits per heavy atom. The SMILES string of the molecule is COc1ccc(N2CCN(C(=O)COC(=O)C(C)OCCC(C)C)CC2)cc1. The Labute approximate surface area is 167 Å². The predicted octanol–water partition coefficient (Wildman–Crippen LogP) is 2.34. The van der Waals surface area contributed by atoms with Crippen molar-refractivity contribution in [2.24, 2.45) is 5.92 Å². The molecule has 1 fully saturated rings. The van der Waals surface area contributed by atoms with Crippen molar-refractivity contribution < 1.29 is 23.8 Å². The van der Waals surface area contributed by atoms with Gasteiger partial charge in [-0.3, -0.25) is 4.79 Å². The van der Waals surface area contributed by atoms with E-state index in [4.69, 9.17) is 14.2 Å². The predicted molar refractivity (Wildman–Crippen MR) is 108 cm³/mol. The molecule has 156 valence electrons. The average molecular weight is 392 g/mol. The Bertz CT molecular complexity index is 624. The quantitative estimate of drug-likeness (QED) is 0.601. The number of carbonyl (C=O) groups excluding carboxylic acids is 2. The lowest BCUT2D eigenvalue weighted by atomic mass is 10.1. The first-order valence-corrected chi connectivity index (χ1v) is 9.85. The molecular formula is C21H32N2O5. The van der Waals surface area contributed by atoms with Crippen LogP contribution in [-0.2, 0) is 19.1 Å². The van der Waals surface area contributed by atoms with Gasteiger partial charge in [-0.25, -0.2) is 4.79 Å². The van der Waals surface area contributed by atoms with Crippen LogP contribution >= 0.6 is 0 Å². The number of hydrogen-bond acceptors (Lipinski definition) is 6. The molecule has 0 spiro atoms. The number of carbonyl (C=O) groups is 2. The number of nitrogens with zero attached hydrogens (tertiary/aromatic N) is 2. The molecule has 1 saturated heterocycles. The molecule has 1 heterocycles. The smallest absolute Gasteiger partial charge is 0.335 e. The zero-order chi connectivity index (χ0) is 20.5. The maximum atomic E-state index is 12.3. The molecule has 1 aliphatic heterocycles. The van der Waals surface area contributed by atoms with E-state index in [2.05, 4.69) is 18.7 Å². The largest absolute Gasteiger partial charge is 0.497 e. The highest BCUT2D eigenvalue weighted by Gasteiger charge is 2.23. The van der Waals surface area contributed by atoms with Gasteiger partial charge in [-0.1, -0.05) is 13.8 Å². The van der Waals surface area contributed by atoms with Gasteiger partial charge in [0, 0.05) is 38.5 Å². The molecule has 0 aromatic heterocycles. The molecule has 1 amide bonds. The lowest BCUT2D eigenvalue weighted by Crippen LogP contribution is -2.50. The van der Waals surface area contributed by atoms with Crippen LogP contribution in [0.15, 0.2) is 24.3 Å². The van der Waals surface area contributed by atoms with Crippen molar-refractivity contribution in [2.45, 2.75) is 33.3 Å². The van der Waals surface area contributed by atoms with Gasteiger partial charge in [-0.15, -0.1) is 0 Å². The van der Waals surface area contributed by atoms with Gasteiger partial charge >= 0.3 is 5.97 Å². The Balaban J connectivity index is 1.70. The van der Waals surface area contributed by atoms with Gasteiger partial charge in [0.1, 0.15) is 5.75 Å². The number of amides is 1.